The van der Waals surface area contributed by atoms with Crippen molar-refractivity contribution >= 4 is 39.9 Å². The van der Waals surface area contributed by atoms with Crippen LogP contribution in [-0.4, -0.2) is 58.6 Å². The number of nitrogens with one attached hydrogen (secondary N) is 3. The molecule has 0 saturated carbocycles. The molecule has 1 fully saturated rings. The lowest BCUT2D eigenvalue weighted by molar-refractivity contribution is 0.122. The lowest BCUT2D eigenvalue weighted by Crippen LogP contribution is -2.37. The number of anilines is 2. The molecular formula is C17H19N7OS. The summed E-state index contributed by atoms with van der Waals surface area (Å²) >= 11 is 5.12. The van der Waals surface area contributed by atoms with Gasteiger partial charge in [-0.15, -0.1) is 0 Å². The zero-order chi connectivity index (χ0) is 17.9. The summed E-state index contributed by atoms with van der Waals surface area (Å²) in [5.74, 6) is 1.55. The van der Waals surface area contributed by atoms with E-state index in [0.717, 1.165) is 41.2 Å². The Balaban J connectivity index is 1.69. The van der Waals surface area contributed by atoms with Gasteiger partial charge in [-0.05, 0) is 36.5 Å². The highest BCUT2D eigenvalue weighted by Gasteiger charge is 2.19. The van der Waals surface area contributed by atoms with Crippen LogP contribution in [0.15, 0.2) is 30.5 Å². The number of benzene rings is 1. The summed E-state index contributed by atoms with van der Waals surface area (Å²) in [7, 11) is 1.78. The number of H-pyrrole nitrogens is 1. The number of aromatic nitrogens is 4. The van der Waals surface area contributed by atoms with Crippen molar-refractivity contribution in [3.63, 3.8) is 0 Å². The molecule has 0 spiro atoms. The zero-order valence-electron chi connectivity index (χ0n) is 14.3. The van der Waals surface area contributed by atoms with E-state index in [-0.39, 0.29) is 0 Å². The summed E-state index contributed by atoms with van der Waals surface area (Å²) in [6.07, 6.45) is 1.77. The van der Waals surface area contributed by atoms with Crippen LogP contribution in [-0.2, 0) is 4.74 Å². The van der Waals surface area contributed by atoms with Crippen molar-refractivity contribution in [2.45, 2.75) is 0 Å². The predicted octanol–water partition coefficient (Wildman–Crippen LogP) is 1.77. The lowest BCUT2D eigenvalue weighted by atomic mass is 10.2. The third-order valence-corrected chi connectivity index (χ3v) is 4.53. The molecule has 3 N–H and O–H groups in total. The van der Waals surface area contributed by atoms with Crippen molar-refractivity contribution in [3.05, 3.63) is 30.5 Å². The van der Waals surface area contributed by atoms with E-state index in [1.54, 1.807) is 13.2 Å². The number of morpholine rings is 1. The largest absolute Gasteiger partial charge is 0.378 e. The second-order valence-corrected chi connectivity index (χ2v) is 6.29. The van der Waals surface area contributed by atoms with Crippen molar-refractivity contribution in [1.82, 2.24) is 25.5 Å². The number of thiocarbonyl (C=S) groups is 1. The molecule has 9 heteroatoms. The Bertz CT molecular complexity index is 919. The number of fused-ring (bicyclic) bond motifs is 1. The molecule has 8 nitrogen and oxygen atoms in total. The number of aromatic amines is 1. The van der Waals surface area contributed by atoms with E-state index in [1.165, 1.54) is 0 Å². The molecule has 4 rings (SSSR count). The minimum absolute atomic E-state index is 0.572. The van der Waals surface area contributed by atoms with Crippen LogP contribution in [0.1, 0.15) is 0 Å². The summed E-state index contributed by atoms with van der Waals surface area (Å²) in [4.78, 5) is 11.7. The highest BCUT2D eigenvalue weighted by atomic mass is 32.1. The van der Waals surface area contributed by atoms with Crippen molar-refractivity contribution < 1.29 is 4.74 Å². The number of nitrogens with zero attached hydrogens (tertiary/aromatic N) is 4. The first-order chi connectivity index (χ1) is 12.7. The fourth-order valence-electron chi connectivity index (χ4n) is 2.86. The van der Waals surface area contributed by atoms with Crippen LogP contribution in [0.3, 0.4) is 0 Å². The predicted molar refractivity (Wildman–Crippen MR) is 105 cm³/mol. The van der Waals surface area contributed by atoms with Gasteiger partial charge in [0.1, 0.15) is 5.82 Å². The molecule has 0 radical (unpaired) electrons. The Labute approximate surface area is 156 Å². The fourth-order valence-corrected chi connectivity index (χ4v) is 2.98. The highest BCUT2D eigenvalue weighted by molar-refractivity contribution is 7.80. The van der Waals surface area contributed by atoms with Gasteiger partial charge in [0.05, 0.1) is 24.8 Å². The van der Waals surface area contributed by atoms with Crippen molar-refractivity contribution in [2.24, 2.45) is 0 Å². The first-order valence-electron chi connectivity index (χ1n) is 8.37. The van der Waals surface area contributed by atoms with Gasteiger partial charge in [-0.25, -0.2) is 9.97 Å². The van der Waals surface area contributed by atoms with Gasteiger partial charge in [0, 0.05) is 31.4 Å². The summed E-state index contributed by atoms with van der Waals surface area (Å²) < 4.78 is 5.45. The average molecular weight is 369 g/mol. The van der Waals surface area contributed by atoms with Gasteiger partial charge >= 0.3 is 0 Å². The molecular weight excluding hydrogens is 350 g/mol. The summed E-state index contributed by atoms with van der Waals surface area (Å²) in [5.41, 5.74) is 2.57. The third kappa shape index (κ3) is 3.31. The summed E-state index contributed by atoms with van der Waals surface area (Å²) in [6, 6.07) is 7.85. The summed E-state index contributed by atoms with van der Waals surface area (Å²) in [6.45, 7) is 3.01. The number of hydrogen-bond donors (Lipinski definition) is 3. The van der Waals surface area contributed by atoms with E-state index in [4.69, 9.17) is 21.9 Å². The minimum Gasteiger partial charge on any atom is -0.378 e. The minimum atomic E-state index is 0.572. The van der Waals surface area contributed by atoms with Gasteiger partial charge in [0.15, 0.2) is 16.6 Å². The molecule has 3 heterocycles. The molecule has 0 unspecified atom stereocenters. The van der Waals surface area contributed by atoms with Crippen LogP contribution in [0.25, 0.3) is 22.4 Å². The molecule has 26 heavy (non-hydrogen) atoms. The van der Waals surface area contributed by atoms with Crippen LogP contribution in [0.4, 0.5) is 11.5 Å². The van der Waals surface area contributed by atoms with Crippen LogP contribution in [0.5, 0.6) is 0 Å². The molecule has 0 bridgehead atoms. The lowest BCUT2D eigenvalue weighted by Gasteiger charge is -2.28. The van der Waals surface area contributed by atoms with Gasteiger partial charge in [0.2, 0.25) is 0 Å². The van der Waals surface area contributed by atoms with Gasteiger partial charge in [0.25, 0.3) is 0 Å². The molecule has 134 valence electrons. The van der Waals surface area contributed by atoms with Crippen LogP contribution >= 0.6 is 12.2 Å². The second-order valence-electron chi connectivity index (χ2n) is 5.88. The zero-order valence-corrected chi connectivity index (χ0v) is 15.1. The van der Waals surface area contributed by atoms with Gasteiger partial charge in [-0.1, -0.05) is 0 Å². The van der Waals surface area contributed by atoms with Crippen molar-refractivity contribution in [3.8, 4) is 11.4 Å². The average Bonchev–Trinajstić information content (AvgIpc) is 3.17. The fraction of sp³-hybridized carbons (Fsp3) is 0.294. The Morgan fingerprint density at radius 2 is 1.96 bits per heavy atom. The van der Waals surface area contributed by atoms with E-state index >= 15 is 0 Å². The van der Waals surface area contributed by atoms with Crippen molar-refractivity contribution in [1.29, 1.82) is 0 Å². The molecule has 1 saturated heterocycles. The van der Waals surface area contributed by atoms with Gasteiger partial charge < -0.3 is 20.3 Å². The Morgan fingerprint density at radius 3 is 2.69 bits per heavy atom. The molecule has 3 aromatic rings. The normalized spacial score (nSPS) is 14.4. The van der Waals surface area contributed by atoms with Crippen LogP contribution in [0.2, 0.25) is 0 Å². The molecule has 2 aromatic heterocycles. The van der Waals surface area contributed by atoms with Crippen molar-refractivity contribution in [2.75, 3.05) is 43.6 Å². The third-order valence-electron chi connectivity index (χ3n) is 4.23. The number of hydrogen-bond acceptors (Lipinski definition) is 6. The maximum Gasteiger partial charge on any atom is 0.170 e. The molecule has 1 aromatic carbocycles. The van der Waals surface area contributed by atoms with E-state index in [9.17, 15) is 0 Å². The van der Waals surface area contributed by atoms with Crippen LogP contribution in [0, 0.1) is 0 Å². The smallest absolute Gasteiger partial charge is 0.170 e. The molecule has 0 amide bonds. The maximum atomic E-state index is 5.45. The Hall–Kier alpha value is -2.78. The Kier molecular flexibility index (Phi) is 4.63. The molecule has 1 aliphatic rings. The van der Waals surface area contributed by atoms with Crippen LogP contribution < -0.4 is 15.5 Å². The monoisotopic (exact) mass is 369 g/mol. The summed E-state index contributed by atoms with van der Waals surface area (Å²) in [5, 5.41) is 14.6. The SMILES string of the molecule is CNC(=S)Nc1ccc(-c2nc(N3CCOCC3)c3cn[nH]c3n2)cc1. The van der Waals surface area contributed by atoms with Gasteiger partial charge in [-0.3, -0.25) is 5.10 Å². The topological polar surface area (TPSA) is 91.0 Å². The first kappa shape index (κ1) is 16.7. The number of rotatable bonds is 3. The number of ether oxygens (including phenoxy) is 1. The van der Waals surface area contributed by atoms with E-state index in [0.29, 0.717) is 24.2 Å². The van der Waals surface area contributed by atoms with E-state index < -0.39 is 0 Å². The Morgan fingerprint density at radius 1 is 1.19 bits per heavy atom. The second kappa shape index (κ2) is 7.22. The standard InChI is InChI=1S/C17H19N7OS/c1-18-17(26)20-12-4-2-11(3-5-12)14-21-15-13(10-19-23-15)16(22-14)24-6-8-25-9-7-24/h2-5,10H,6-9H2,1H3,(H2,18,20,26)(H,19,21,22,23). The highest BCUT2D eigenvalue weighted by Crippen LogP contribution is 2.27. The first-order valence-corrected chi connectivity index (χ1v) is 8.78. The maximum absolute atomic E-state index is 5.45. The van der Waals surface area contributed by atoms with E-state index in [2.05, 4.69) is 30.7 Å². The van der Waals surface area contributed by atoms with Gasteiger partial charge in [-0.2, -0.15) is 5.10 Å². The quantitative estimate of drug-likeness (QED) is 0.602. The molecule has 0 atom stereocenters. The van der Waals surface area contributed by atoms with E-state index in [1.807, 2.05) is 24.3 Å². The molecule has 0 aliphatic carbocycles. The molecule has 1 aliphatic heterocycles.